The highest BCUT2D eigenvalue weighted by molar-refractivity contribution is 5.95. The standard InChI is InChI=1S/C13H16N2O5/c16-13(17)11-6-10(15(18)19)3-4-12(11)14-7-9-2-1-5-20-8-9/h3-4,6,9,14H,1-2,5,7-8H2,(H,16,17). The predicted molar refractivity (Wildman–Crippen MR) is 72.1 cm³/mol. The minimum atomic E-state index is -1.18. The van der Waals surface area contributed by atoms with Crippen molar-refractivity contribution in [2.24, 2.45) is 5.92 Å². The van der Waals surface area contributed by atoms with Crippen LogP contribution in [-0.4, -0.2) is 35.8 Å². The molecule has 0 spiro atoms. The lowest BCUT2D eigenvalue weighted by Gasteiger charge is -2.23. The lowest BCUT2D eigenvalue weighted by Crippen LogP contribution is -2.24. The third-order valence-electron chi connectivity index (χ3n) is 3.28. The normalized spacial score (nSPS) is 18.5. The van der Waals surface area contributed by atoms with Crippen molar-refractivity contribution in [3.63, 3.8) is 0 Å². The molecule has 2 rings (SSSR count). The SMILES string of the molecule is O=C(O)c1cc([N+](=O)[O-])ccc1NCC1CCCOC1. The fourth-order valence-electron chi connectivity index (χ4n) is 2.20. The van der Waals surface area contributed by atoms with Crippen LogP contribution in [0, 0.1) is 16.0 Å². The number of ether oxygens (including phenoxy) is 1. The first kappa shape index (κ1) is 14.3. The molecule has 7 heteroatoms. The maximum atomic E-state index is 11.2. The van der Waals surface area contributed by atoms with Gasteiger partial charge in [-0.2, -0.15) is 0 Å². The van der Waals surface area contributed by atoms with Crippen LogP contribution in [0.1, 0.15) is 23.2 Å². The van der Waals surface area contributed by atoms with E-state index in [0.717, 1.165) is 25.5 Å². The first-order valence-electron chi connectivity index (χ1n) is 6.41. The number of carbonyl (C=O) groups is 1. The minimum Gasteiger partial charge on any atom is -0.478 e. The van der Waals surface area contributed by atoms with Gasteiger partial charge in [0.05, 0.1) is 17.1 Å². The molecule has 1 unspecified atom stereocenters. The molecule has 1 aliphatic heterocycles. The fourth-order valence-corrected chi connectivity index (χ4v) is 2.20. The van der Waals surface area contributed by atoms with Crippen molar-refractivity contribution < 1.29 is 19.6 Å². The summed E-state index contributed by atoms with van der Waals surface area (Å²) in [7, 11) is 0. The first-order valence-corrected chi connectivity index (χ1v) is 6.41. The van der Waals surface area contributed by atoms with Gasteiger partial charge in [0.15, 0.2) is 0 Å². The van der Waals surface area contributed by atoms with E-state index < -0.39 is 10.9 Å². The number of nitro benzene ring substituents is 1. The highest BCUT2D eigenvalue weighted by atomic mass is 16.6. The van der Waals surface area contributed by atoms with Crippen LogP contribution >= 0.6 is 0 Å². The minimum absolute atomic E-state index is 0.0871. The van der Waals surface area contributed by atoms with Gasteiger partial charge in [-0.1, -0.05) is 0 Å². The topological polar surface area (TPSA) is 102 Å². The largest absolute Gasteiger partial charge is 0.478 e. The number of anilines is 1. The van der Waals surface area contributed by atoms with E-state index in [2.05, 4.69) is 5.32 Å². The molecular weight excluding hydrogens is 264 g/mol. The maximum Gasteiger partial charge on any atom is 0.338 e. The smallest absolute Gasteiger partial charge is 0.338 e. The average molecular weight is 280 g/mol. The van der Waals surface area contributed by atoms with Gasteiger partial charge in [-0.05, 0) is 24.8 Å². The molecule has 7 nitrogen and oxygen atoms in total. The van der Waals surface area contributed by atoms with E-state index in [1.807, 2.05) is 0 Å². The second-order valence-electron chi connectivity index (χ2n) is 4.76. The molecule has 2 N–H and O–H groups in total. The van der Waals surface area contributed by atoms with E-state index >= 15 is 0 Å². The van der Waals surface area contributed by atoms with Crippen molar-refractivity contribution in [3.05, 3.63) is 33.9 Å². The third kappa shape index (κ3) is 3.45. The summed E-state index contributed by atoms with van der Waals surface area (Å²) >= 11 is 0. The highest BCUT2D eigenvalue weighted by Gasteiger charge is 2.18. The molecule has 0 bridgehead atoms. The Hall–Kier alpha value is -2.15. The monoisotopic (exact) mass is 280 g/mol. The number of nitrogens with one attached hydrogen (secondary N) is 1. The molecule has 1 heterocycles. The Morgan fingerprint density at radius 1 is 1.55 bits per heavy atom. The number of carboxylic acid groups (broad SMARTS) is 1. The Kier molecular flexibility index (Phi) is 4.52. The second-order valence-corrected chi connectivity index (χ2v) is 4.76. The number of carboxylic acids is 1. The zero-order valence-electron chi connectivity index (χ0n) is 10.9. The molecule has 1 saturated heterocycles. The van der Waals surface area contributed by atoms with Crippen LogP contribution in [0.15, 0.2) is 18.2 Å². The van der Waals surface area contributed by atoms with Crippen LogP contribution < -0.4 is 5.32 Å². The summed E-state index contributed by atoms with van der Waals surface area (Å²) < 4.78 is 5.35. The number of nitrogens with zero attached hydrogens (tertiary/aromatic N) is 1. The van der Waals surface area contributed by atoms with E-state index in [9.17, 15) is 14.9 Å². The van der Waals surface area contributed by atoms with Crippen molar-refractivity contribution in [3.8, 4) is 0 Å². The summed E-state index contributed by atoms with van der Waals surface area (Å²) in [6.07, 6.45) is 2.03. The second kappa shape index (κ2) is 6.33. The summed E-state index contributed by atoms with van der Waals surface area (Å²) in [4.78, 5) is 21.2. The molecule has 1 atom stereocenters. The zero-order chi connectivity index (χ0) is 14.5. The van der Waals surface area contributed by atoms with Gasteiger partial charge in [0.1, 0.15) is 0 Å². The number of nitro groups is 1. The van der Waals surface area contributed by atoms with Crippen LogP contribution in [-0.2, 0) is 4.74 Å². The fraction of sp³-hybridized carbons (Fsp3) is 0.462. The van der Waals surface area contributed by atoms with Crippen LogP contribution in [0.25, 0.3) is 0 Å². The van der Waals surface area contributed by atoms with Crippen molar-refractivity contribution >= 4 is 17.3 Å². The van der Waals surface area contributed by atoms with E-state index in [0.29, 0.717) is 24.8 Å². The molecule has 0 saturated carbocycles. The Bertz CT molecular complexity index is 511. The average Bonchev–Trinajstić information content (AvgIpc) is 2.45. The van der Waals surface area contributed by atoms with Gasteiger partial charge in [0.25, 0.3) is 5.69 Å². The quantitative estimate of drug-likeness (QED) is 0.632. The highest BCUT2D eigenvalue weighted by Crippen LogP contribution is 2.23. The van der Waals surface area contributed by atoms with E-state index in [-0.39, 0.29) is 11.3 Å². The number of rotatable bonds is 5. The molecule has 0 aliphatic carbocycles. The maximum absolute atomic E-state index is 11.2. The Morgan fingerprint density at radius 3 is 2.95 bits per heavy atom. The van der Waals surface area contributed by atoms with E-state index in [1.54, 1.807) is 0 Å². The molecule has 1 aromatic carbocycles. The third-order valence-corrected chi connectivity index (χ3v) is 3.28. The Morgan fingerprint density at radius 2 is 2.35 bits per heavy atom. The summed E-state index contributed by atoms with van der Waals surface area (Å²) in [6.45, 7) is 2.02. The molecule has 20 heavy (non-hydrogen) atoms. The van der Waals surface area contributed by atoms with Gasteiger partial charge in [-0.25, -0.2) is 4.79 Å². The lowest BCUT2D eigenvalue weighted by atomic mass is 10.0. The molecule has 1 aliphatic rings. The molecule has 108 valence electrons. The van der Waals surface area contributed by atoms with E-state index in [1.165, 1.54) is 12.1 Å². The first-order chi connectivity index (χ1) is 9.58. The van der Waals surface area contributed by atoms with Gasteiger partial charge < -0.3 is 15.2 Å². The number of benzene rings is 1. The van der Waals surface area contributed by atoms with Crippen molar-refractivity contribution in [2.45, 2.75) is 12.8 Å². The van der Waals surface area contributed by atoms with Crippen LogP contribution in [0.5, 0.6) is 0 Å². The van der Waals surface area contributed by atoms with Crippen molar-refractivity contribution in [2.75, 3.05) is 25.1 Å². The summed E-state index contributed by atoms with van der Waals surface area (Å²) in [5, 5.41) is 22.8. The zero-order valence-corrected chi connectivity index (χ0v) is 10.9. The van der Waals surface area contributed by atoms with Crippen molar-refractivity contribution in [1.29, 1.82) is 0 Å². The number of non-ortho nitro benzene ring substituents is 1. The van der Waals surface area contributed by atoms with Gasteiger partial charge in [-0.3, -0.25) is 10.1 Å². The van der Waals surface area contributed by atoms with Crippen molar-refractivity contribution in [1.82, 2.24) is 0 Å². The summed E-state index contributed by atoms with van der Waals surface area (Å²) in [6, 6.07) is 3.81. The molecule has 1 aromatic rings. The number of hydrogen-bond donors (Lipinski definition) is 2. The molecule has 0 aromatic heterocycles. The Balaban J connectivity index is 2.09. The molecule has 0 amide bonds. The molecular formula is C13H16N2O5. The summed E-state index contributed by atoms with van der Waals surface area (Å²) in [5.74, 6) is -0.850. The van der Waals surface area contributed by atoms with Crippen LogP contribution in [0.3, 0.4) is 0 Å². The predicted octanol–water partition coefficient (Wildman–Crippen LogP) is 2.13. The van der Waals surface area contributed by atoms with E-state index in [4.69, 9.17) is 9.84 Å². The molecule has 0 radical (unpaired) electrons. The van der Waals surface area contributed by atoms with Crippen LogP contribution in [0.4, 0.5) is 11.4 Å². The van der Waals surface area contributed by atoms with Crippen LogP contribution in [0.2, 0.25) is 0 Å². The summed E-state index contributed by atoms with van der Waals surface area (Å²) in [5.41, 5.74) is 0.0820. The van der Waals surface area contributed by atoms with Gasteiger partial charge in [-0.15, -0.1) is 0 Å². The number of aromatic carboxylic acids is 1. The lowest BCUT2D eigenvalue weighted by molar-refractivity contribution is -0.384. The van der Waals surface area contributed by atoms with Gasteiger partial charge in [0, 0.05) is 31.0 Å². The molecule has 1 fully saturated rings. The van der Waals surface area contributed by atoms with Gasteiger partial charge in [0.2, 0.25) is 0 Å². The Labute approximate surface area is 115 Å². The number of hydrogen-bond acceptors (Lipinski definition) is 5. The van der Waals surface area contributed by atoms with Gasteiger partial charge >= 0.3 is 5.97 Å².